The number of esters is 1. The summed E-state index contributed by atoms with van der Waals surface area (Å²) in [6, 6.07) is 8.00. The molecule has 1 aromatic carbocycles. The molecule has 0 atom stereocenters. The number of carbonyl (C=O) groups excluding carboxylic acids is 1. The van der Waals surface area contributed by atoms with Crippen molar-refractivity contribution >= 4 is 5.97 Å². The van der Waals surface area contributed by atoms with Gasteiger partial charge >= 0.3 is 5.97 Å². The fourth-order valence-electron chi connectivity index (χ4n) is 1.33. The normalized spacial score (nSPS) is 9.67. The van der Waals surface area contributed by atoms with Crippen LogP contribution >= 0.6 is 0 Å². The Morgan fingerprint density at radius 3 is 2.87 bits per heavy atom. The van der Waals surface area contributed by atoms with E-state index in [1.807, 2.05) is 18.2 Å². The first-order chi connectivity index (χ1) is 7.26. The van der Waals surface area contributed by atoms with Gasteiger partial charge in [0.2, 0.25) is 0 Å². The second kappa shape index (κ2) is 6.02. The number of carbonyl (C=O) groups is 1. The van der Waals surface area contributed by atoms with Crippen molar-refractivity contribution < 1.29 is 9.53 Å². The maximum absolute atomic E-state index is 11.3. The van der Waals surface area contributed by atoms with E-state index in [1.54, 1.807) is 6.08 Å². The van der Waals surface area contributed by atoms with Crippen LogP contribution in [0.3, 0.4) is 0 Å². The van der Waals surface area contributed by atoms with E-state index in [4.69, 9.17) is 4.74 Å². The van der Waals surface area contributed by atoms with Crippen LogP contribution in [0.2, 0.25) is 0 Å². The molecule has 0 aromatic heterocycles. The highest BCUT2D eigenvalue weighted by molar-refractivity contribution is 5.72. The molecule has 0 saturated heterocycles. The minimum absolute atomic E-state index is 0.205. The molecule has 1 rings (SSSR count). The topological polar surface area (TPSA) is 26.3 Å². The quantitative estimate of drug-likeness (QED) is 0.544. The smallest absolute Gasteiger partial charge is 0.310 e. The number of hydrogen-bond donors (Lipinski definition) is 0. The van der Waals surface area contributed by atoms with E-state index in [0.29, 0.717) is 6.42 Å². The SMILES string of the molecule is C=CCOC(=O)Cc1cccc(CC)c1. The highest BCUT2D eigenvalue weighted by Crippen LogP contribution is 2.07. The molecule has 0 aliphatic carbocycles. The summed E-state index contributed by atoms with van der Waals surface area (Å²) in [5.74, 6) is -0.205. The first-order valence-corrected chi connectivity index (χ1v) is 5.10. The molecule has 1 aromatic rings. The van der Waals surface area contributed by atoms with Gasteiger partial charge in [0.15, 0.2) is 0 Å². The van der Waals surface area contributed by atoms with E-state index < -0.39 is 0 Å². The molecule has 15 heavy (non-hydrogen) atoms. The number of benzene rings is 1. The van der Waals surface area contributed by atoms with Gasteiger partial charge in [0.1, 0.15) is 6.61 Å². The molecule has 0 unspecified atom stereocenters. The second-order valence-corrected chi connectivity index (χ2v) is 3.32. The number of aryl methyl sites for hydroxylation is 1. The molecule has 0 saturated carbocycles. The standard InChI is InChI=1S/C13H16O2/c1-3-8-15-13(14)10-12-7-5-6-11(4-2)9-12/h3,5-7,9H,1,4,8,10H2,2H3. The maximum Gasteiger partial charge on any atom is 0.310 e. The number of rotatable bonds is 5. The highest BCUT2D eigenvalue weighted by Gasteiger charge is 2.03. The summed E-state index contributed by atoms with van der Waals surface area (Å²) in [5.41, 5.74) is 2.24. The average molecular weight is 204 g/mol. The molecule has 0 bridgehead atoms. The summed E-state index contributed by atoms with van der Waals surface area (Å²) >= 11 is 0. The third kappa shape index (κ3) is 3.98. The van der Waals surface area contributed by atoms with Crippen LogP contribution in [0.1, 0.15) is 18.1 Å². The Morgan fingerprint density at radius 2 is 2.20 bits per heavy atom. The lowest BCUT2D eigenvalue weighted by atomic mass is 10.1. The number of hydrogen-bond acceptors (Lipinski definition) is 2. The summed E-state index contributed by atoms with van der Waals surface area (Å²) in [6.07, 6.45) is 2.89. The minimum Gasteiger partial charge on any atom is -0.461 e. The van der Waals surface area contributed by atoms with E-state index in [-0.39, 0.29) is 12.6 Å². The summed E-state index contributed by atoms with van der Waals surface area (Å²) < 4.78 is 4.91. The van der Waals surface area contributed by atoms with Gasteiger partial charge in [0.25, 0.3) is 0 Å². The van der Waals surface area contributed by atoms with Crippen LogP contribution in [-0.2, 0) is 22.4 Å². The van der Waals surface area contributed by atoms with Gasteiger partial charge in [-0.15, -0.1) is 0 Å². The van der Waals surface area contributed by atoms with E-state index in [1.165, 1.54) is 5.56 Å². The highest BCUT2D eigenvalue weighted by atomic mass is 16.5. The van der Waals surface area contributed by atoms with E-state index in [9.17, 15) is 4.79 Å². The van der Waals surface area contributed by atoms with Crippen LogP contribution in [0.5, 0.6) is 0 Å². The van der Waals surface area contributed by atoms with Crippen molar-refractivity contribution in [3.8, 4) is 0 Å². The van der Waals surface area contributed by atoms with Crippen LogP contribution < -0.4 is 0 Å². The Bertz CT molecular complexity index is 342. The van der Waals surface area contributed by atoms with E-state index in [2.05, 4.69) is 19.6 Å². The van der Waals surface area contributed by atoms with Crippen molar-refractivity contribution in [2.24, 2.45) is 0 Å². The molecule has 0 fully saturated rings. The van der Waals surface area contributed by atoms with Gasteiger partial charge in [0, 0.05) is 0 Å². The molecule has 80 valence electrons. The first-order valence-electron chi connectivity index (χ1n) is 5.10. The monoisotopic (exact) mass is 204 g/mol. The predicted molar refractivity (Wildman–Crippen MR) is 60.7 cm³/mol. The summed E-state index contributed by atoms with van der Waals surface area (Å²) in [5, 5.41) is 0. The Labute approximate surface area is 90.6 Å². The third-order valence-corrected chi connectivity index (χ3v) is 2.11. The van der Waals surface area contributed by atoms with Gasteiger partial charge in [-0.25, -0.2) is 0 Å². The molecule has 0 heterocycles. The summed E-state index contributed by atoms with van der Waals surface area (Å²) in [4.78, 5) is 11.3. The molecular weight excluding hydrogens is 188 g/mol. The molecule has 0 aliphatic heterocycles. The fourth-order valence-corrected chi connectivity index (χ4v) is 1.33. The van der Waals surface area contributed by atoms with Crippen molar-refractivity contribution in [2.45, 2.75) is 19.8 Å². The minimum atomic E-state index is -0.205. The van der Waals surface area contributed by atoms with Crippen LogP contribution in [0, 0.1) is 0 Å². The average Bonchev–Trinajstić information content (AvgIpc) is 2.26. The van der Waals surface area contributed by atoms with Crippen molar-refractivity contribution in [3.05, 3.63) is 48.0 Å². The summed E-state index contributed by atoms with van der Waals surface area (Å²) in [6.45, 7) is 5.87. The van der Waals surface area contributed by atoms with Crippen molar-refractivity contribution in [1.82, 2.24) is 0 Å². The van der Waals surface area contributed by atoms with E-state index >= 15 is 0 Å². The molecule has 0 spiro atoms. The van der Waals surface area contributed by atoms with E-state index in [0.717, 1.165) is 12.0 Å². The predicted octanol–water partition coefficient (Wildman–Crippen LogP) is 2.52. The van der Waals surface area contributed by atoms with Gasteiger partial charge in [-0.05, 0) is 17.5 Å². The lowest BCUT2D eigenvalue weighted by Gasteiger charge is -2.03. The fraction of sp³-hybridized carbons (Fsp3) is 0.308. The van der Waals surface area contributed by atoms with Crippen molar-refractivity contribution in [1.29, 1.82) is 0 Å². The maximum atomic E-state index is 11.3. The largest absolute Gasteiger partial charge is 0.461 e. The van der Waals surface area contributed by atoms with Crippen LogP contribution in [0.4, 0.5) is 0 Å². The van der Waals surface area contributed by atoms with Crippen molar-refractivity contribution in [3.63, 3.8) is 0 Å². The van der Waals surface area contributed by atoms with Gasteiger partial charge < -0.3 is 4.74 Å². The Kier molecular flexibility index (Phi) is 4.61. The van der Waals surface area contributed by atoms with Crippen LogP contribution in [0.25, 0.3) is 0 Å². The third-order valence-electron chi connectivity index (χ3n) is 2.11. The summed E-state index contributed by atoms with van der Waals surface area (Å²) in [7, 11) is 0. The second-order valence-electron chi connectivity index (χ2n) is 3.32. The Morgan fingerprint density at radius 1 is 1.47 bits per heavy atom. The van der Waals surface area contributed by atoms with Gasteiger partial charge in [-0.3, -0.25) is 4.79 Å². The molecule has 0 aliphatic rings. The molecule has 0 amide bonds. The Balaban J connectivity index is 2.55. The zero-order valence-electron chi connectivity index (χ0n) is 9.03. The Hall–Kier alpha value is -1.57. The molecule has 2 heteroatoms. The van der Waals surface area contributed by atoms with Crippen molar-refractivity contribution in [2.75, 3.05) is 6.61 Å². The van der Waals surface area contributed by atoms with Gasteiger partial charge in [-0.1, -0.05) is 43.8 Å². The lowest BCUT2D eigenvalue weighted by molar-refractivity contribution is -0.141. The zero-order chi connectivity index (χ0) is 11.1. The molecule has 0 N–H and O–H groups in total. The molecule has 0 radical (unpaired) electrons. The molecular formula is C13H16O2. The lowest BCUT2D eigenvalue weighted by Crippen LogP contribution is -2.07. The van der Waals surface area contributed by atoms with Gasteiger partial charge in [-0.2, -0.15) is 0 Å². The van der Waals surface area contributed by atoms with Crippen LogP contribution in [-0.4, -0.2) is 12.6 Å². The van der Waals surface area contributed by atoms with Crippen LogP contribution in [0.15, 0.2) is 36.9 Å². The number of ether oxygens (including phenoxy) is 1. The zero-order valence-corrected chi connectivity index (χ0v) is 9.03. The first kappa shape index (κ1) is 11.5. The molecule has 2 nitrogen and oxygen atoms in total. The van der Waals surface area contributed by atoms with Gasteiger partial charge in [0.05, 0.1) is 6.42 Å².